The molecule has 1 heteroatoms. The summed E-state index contributed by atoms with van der Waals surface area (Å²) >= 11 is 0. The summed E-state index contributed by atoms with van der Waals surface area (Å²) in [5.74, 6) is 0. The zero-order chi connectivity index (χ0) is 7.78. The molecule has 10 heavy (non-hydrogen) atoms. The third-order valence-electron chi connectivity index (χ3n) is 1.85. The van der Waals surface area contributed by atoms with Crippen molar-refractivity contribution < 1.29 is 0 Å². The lowest BCUT2D eigenvalue weighted by Crippen LogP contribution is -2.46. The Morgan fingerprint density at radius 1 is 1.60 bits per heavy atom. The largest absolute Gasteiger partial charge is 0.306 e. The van der Waals surface area contributed by atoms with Crippen molar-refractivity contribution in [2.24, 2.45) is 0 Å². The average molecular weight is 139 g/mol. The summed E-state index contributed by atoms with van der Waals surface area (Å²) in [4.78, 5) is 0. The molecule has 1 nitrogen and oxygen atoms in total. The van der Waals surface area contributed by atoms with Gasteiger partial charge in [0.25, 0.3) is 0 Å². The van der Waals surface area contributed by atoms with Crippen LogP contribution in [-0.2, 0) is 0 Å². The van der Waals surface area contributed by atoms with Gasteiger partial charge in [-0.3, -0.25) is 0 Å². The Morgan fingerprint density at radius 2 is 2.20 bits per heavy atom. The summed E-state index contributed by atoms with van der Waals surface area (Å²) in [5.41, 5.74) is 1.72. The highest BCUT2D eigenvalue weighted by Crippen LogP contribution is 2.19. The second-order valence-electron chi connectivity index (χ2n) is 3.96. The van der Waals surface area contributed by atoms with Gasteiger partial charge in [-0.25, -0.2) is 0 Å². The zero-order valence-electron chi connectivity index (χ0n) is 7.36. The molecule has 0 aromatic heterocycles. The van der Waals surface area contributed by atoms with Gasteiger partial charge in [0.05, 0.1) is 0 Å². The van der Waals surface area contributed by atoms with Gasteiger partial charge in [-0.2, -0.15) is 0 Å². The fraction of sp³-hybridized carbons (Fsp3) is 0.778. The minimum absolute atomic E-state index is 0.210. The van der Waals surface area contributed by atoms with E-state index in [2.05, 4.69) is 39.1 Å². The zero-order valence-corrected chi connectivity index (χ0v) is 7.36. The van der Waals surface area contributed by atoms with Gasteiger partial charge in [-0.05, 0) is 34.1 Å². The highest BCUT2D eigenvalue weighted by molar-refractivity contribution is 5.15. The highest BCUT2D eigenvalue weighted by atomic mass is 15.0. The van der Waals surface area contributed by atoms with E-state index in [4.69, 9.17) is 0 Å². The lowest BCUT2D eigenvalue weighted by Gasteiger charge is -2.33. The van der Waals surface area contributed by atoms with Crippen LogP contribution < -0.4 is 5.32 Å². The van der Waals surface area contributed by atoms with Gasteiger partial charge in [-0.15, -0.1) is 0 Å². The van der Waals surface area contributed by atoms with Crippen LogP contribution in [0.4, 0.5) is 0 Å². The Hall–Kier alpha value is -0.300. The first-order valence-electron chi connectivity index (χ1n) is 3.96. The molecule has 0 saturated carbocycles. The topological polar surface area (TPSA) is 12.0 Å². The molecule has 1 aliphatic rings. The maximum absolute atomic E-state index is 3.51. The van der Waals surface area contributed by atoms with E-state index in [-0.39, 0.29) is 5.54 Å². The number of rotatable bonds is 0. The molecule has 1 N–H and O–H groups in total. The van der Waals surface area contributed by atoms with E-state index < -0.39 is 0 Å². The van der Waals surface area contributed by atoms with Crippen molar-refractivity contribution in [3.63, 3.8) is 0 Å². The van der Waals surface area contributed by atoms with E-state index in [0.717, 1.165) is 0 Å². The molecule has 0 bridgehead atoms. The van der Waals surface area contributed by atoms with Crippen LogP contribution in [0.5, 0.6) is 0 Å². The molecule has 0 saturated heterocycles. The third kappa shape index (κ3) is 1.84. The molecule has 1 atom stereocenters. The number of hydrogen-bond donors (Lipinski definition) is 1. The maximum atomic E-state index is 3.51. The summed E-state index contributed by atoms with van der Waals surface area (Å²) in [6, 6.07) is 0.639. The fourth-order valence-electron chi connectivity index (χ4n) is 1.89. The van der Waals surface area contributed by atoms with Crippen LogP contribution in [0.25, 0.3) is 0 Å². The van der Waals surface area contributed by atoms with E-state index in [1.807, 2.05) is 0 Å². The van der Waals surface area contributed by atoms with Gasteiger partial charge < -0.3 is 5.32 Å². The van der Waals surface area contributed by atoms with Crippen molar-refractivity contribution in [3.8, 4) is 0 Å². The molecule has 1 unspecified atom stereocenters. The van der Waals surface area contributed by atoms with Crippen LogP contribution in [-0.4, -0.2) is 11.6 Å². The Bertz CT molecular complexity index is 156. The predicted molar refractivity (Wildman–Crippen MR) is 45.1 cm³/mol. The summed E-state index contributed by atoms with van der Waals surface area (Å²) in [6.45, 7) is 8.87. The molecular formula is C9H17N. The van der Waals surface area contributed by atoms with Gasteiger partial charge in [0, 0.05) is 11.6 Å². The van der Waals surface area contributed by atoms with Crippen LogP contribution in [0.15, 0.2) is 11.6 Å². The second kappa shape index (κ2) is 2.39. The van der Waals surface area contributed by atoms with E-state index in [1.165, 1.54) is 12.0 Å². The Labute approximate surface area is 63.5 Å². The SMILES string of the molecule is CC1=CC(C)(C)NC(C)C1. The lowest BCUT2D eigenvalue weighted by atomic mass is 9.92. The molecule has 0 aliphatic carbocycles. The quantitative estimate of drug-likeness (QED) is 0.507. The maximum Gasteiger partial charge on any atom is 0.0312 e. The van der Waals surface area contributed by atoms with E-state index in [9.17, 15) is 0 Å². The molecule has 0 amide bonds. The fourth-order valence-corrected chi connectivity index (χ4v) is 1.89. The minimum Gasteiger partial charge on any atom is -0.306 e. The molecule has 0 fully saturated rings. The average Bonchev–Trinajstić information content (AvgIpc) is 1.54. The van der Waals surface area contributed by atoms with Gasteiger partial charge in [0.1, 0.15) is 0 Å². The van der Waals surface area contributed by atoms with E-state index in [1.54, 1.807) is 0 Å². The van der Waals surface area contributed by atoms with Gasteiger partial charge >= 0.3 is 0 Å². The summed E-state index contributed by atoms with van der Waals surface area (Å²) in [6.07, 6.45) is 3.51. The van der Waals surface area contributed by atoms with Crippen molar-refractivity contribution >= 4 is 0 Å². The molecule has 58 valence electrons. The minimum atomic E-state index is 0.210. The van der Waals surface area contributed by atoms with Crippen molar-refractivity contribution in [2.45, 2.75) is 45.7 Å². The smallest absolute Gasteiger partial charge is 0.0312 e. The normalized spacial score (nSPS) is 31.6. The first kappa shape index (κ1) is 7.80. The van der Waals surface area contributed by atoms with Crippen molar-refractivity contribution in [1.29, 1.82) is 0 Å². The van der Waals surface area contributed by atoms with E-state index in [0.29, 0.717) is 6.04 Å². The number of nitrogens with one attached hydrogen (secondary N) is 1. The van der Waals surface area contributed by atoms with Gasteiger partial charge in [0.15, 0.2) is 0 Å². The van der Waals surface area contributed by atoms with Gasteiger partial charge in [-0.1, -0.05) is 11.6 Å². The Kier molecular flexibility index (Phi) is 1.86. The van der Waals surface area contributed by atoms with Crippen molar-refractivity contribution in [3.05, 3.63) is 11.6 Å². The Balaban J connectivity index is 2.74. The lowest BCUT2D eigenvalue weighted by molar-refractivity contribution is 0.383. The van der Waals surface area contributed by atoms with Crippen LogP contribution in [0, 0.1) is 0 Å². The summed E-state index contributed by atoms with van der Waals surface area (Å²) < 4.78 is 0. The molecule has 1 heterocycles. The third-order valence-corrected chi connectivity index (χ3v) is 1.85. The van der Waals surface area contributed by atoms with Gasteiger partial charge in [0.2, 0.25) is 0 Å². The van der Waals surface area contributed by atoms with Crippen LogP contribution >= 0.6 is 0 Å². The standard InChI is InChI=1S/C9H17N/c1-7-5-8(2)10-9(3,4)6-7/h6,8,10H,5H2,1-4H3. The molecule has 0 radical (unpaired) electrons. The van der Waals surface area contributed by atoms with Crippen molar-refractivity contribution in [1.82, 2.24) is 5.32 Å². The van der Waals surface area contributed by atoms with Crippen molar-refractivity contribution in [2.75, 3.05) is 0 Å². The monoisotopic (exact) mass is 139 g/mol. The first-order valence-corrected chi connectivity index (χ1v) is 3.96. The molecule has 0 aromatic carbocycles. The summed E-state index contributed by atoms with van der Waals surface area (Å²) in [7, 11) is 0. The predicted octanol–water partition coefficient (Wildman–Crippen LogP) is 2.09. The molecule has 1 aliphatic heterocycles. The first-order chi connectivity index (χ1) is 4.49. The van der Waals surface area contributed by atoms with E-state index >= 15 is 0 Å². The van der Waals surface area contributed by atoms with Crippen LogP contribution in [0.3, 0.4) is 0 Å². The van der Waals surface area contributed by atoms with Crippen LogP contribution in [0.2, 0.25) is 0 Å². The molecular weight excluding hydrogens is 122 g/mol. The Morgan fingerprint density at radius 3 is 2.60 bits per heavy atom. The molecule has 1 rings (SSSR count). The van der Waals surface area contributed by atoms with Crippen LogP contribution in [0.1, 0.15) is 34.1 Å². The number of hydrogen-bond acceptors (Lipinski definition) is 1. The molecule has 0 aromatic rings. The second-order valence-corrected chi connectivity index (χ2v) is 3.96. The summed E-state index contributed by atoms with van der Waals surface area (Å²) in [5, 5.41) is 3.51. The molecule has 0 spiro atoms. The highest BCUT2D eigenvalue weighted by Gasteiger charge is 2.21.